The Morgan fingerprint density at radius 1 is 0.250 bits per heavy atom. The number of carbonyl (C=O) groups is 3. The van der Waals surface area contributed by atoms with E-state index in [0.29, 0.717) is 19.3 Å². The van der Waals surface area contributed by atoms with Gasteiger partial charge in [-0.3, -0.25) is 14.4 Å². The molecule has 0 saturated carbocycles. The molecule has 1 unspecified atom stereocenters. The second kappa shape index (κ2) is 68.6. The fourth-order valence-corrected chi connectivity index (χ4v) is 10.4. The van der Waals surface area contributed by atoms with Crippen molar-refractivity contribution in [2.24, 2.45) is 0 Å². The highest BCUT2D eigenvalue weighted by Crippen LogP contribution is 2.17. The number of hydrogen-bond acceptors (Lipinski definition) is 6. The average molecular weight is 1120 g/mol. The van der Waals surface area contributed by atoms with Crippen molar-refractivity contribution in [1.29, 1.82) is 0 Å². The first-order valence-corrected chi connectivity index (χ1v) is 35.3. The predicted octanol–water partition coefficient (Wildman–Crippen LogP) is 24.3. The maximum Gasteiger partial charge on any atom is 0.306 e. The third-order valence-corrected chi connectivity index (χ3v) is 15.7. The Kier molecular flexibility index (Phi) is 66.1. The van der Waals surface area contributed by atoms with E-state index < -0.39 is 6.10 Å². The highest BCUT2D eigenvalue weighted by atomic mass is 16.6. The number of unbranched alkanes of at least 4 members (excludes halogenated alkanes) is 44. The predicted molar refractivity (Wildman–Crippen MR) is 348 cm³/mol. The lowest BCUT2D eigenvalue weighted by Gasteiger charge is -2.18. The molecule has 466 valence electrons. The van der Waals surface area contributed by atoms with E-state index in [1.54, 1.807) is 0 Å². The molecule has 0 heterocycles. The lowest BCUT2D eigenvalue weighted by atomic mass is 10.0. The van der Waals surface area contributed by atoms with Gasteiger partial charge in [0.25, 0.3) is 0 Å². The molecule has 0 saturated heterocycles. The number of hydrogen-bond donors (Lipinski definition) is 0. The van der Waals surface area contributed by atoms with Gasteiger partial charge in [-0.2, -0.15) is 0 Å². The first kappa shape index (κ1) is 77.1. The molecule has 0 radical (unpaired) electrons. The minimum Gasteiger partial charge on any atom is -0.462 e. The van der Waals surface area contributed by atoms with Crippen LogP contribution in [-0.2, 0) is 28.6 Å². The minimum absolute atomic E-state index is 0.0761. The summed E-state index contributed by atoms with van der Waals surface area (Å²) in [6.45, 7) is 6.67. The Morgan fingerprint density at radius 3 is 0.700 bits per heavy atom. The Morgan fingerprint density at radius 2 is 0.450 bits per heavy atom. The highest BCUT2D eigenvalue weighted by molar-refractivity contribution is 5.71. The fourth-order valence-electron chi connectivity index (χ4n) is 10.4. The summed E-state index contributed by atoms with van der Waals surface area (Å²) in [7, 11) is 0. The molecule has 0 spiro atoms. The van der Waals surface area contributed by atoms with Crippen LogP contribution >= 0.6 is 0 Å². The maximum absolute atomic E-state index is 13.0. The smallest absolute Gasteiger partial charge is 0.306 e. The zero-order valence-electron chi connectivity index (χ0n) is 53.6. The van der Waals surface area contributed by atoms with Gasteiger partial charge in [0.15, 0.2) is 6.10 Å². The quantitative estimate of drug-likeness (QED) is 0.0261. The molecule has 0 aliphatic carbocycles. The molecule has 0 bridgehead atoms. The monoisotopic (exact) mass is 1120 g/mol. The molecule has 0 amide bonds. The van der Waals surface area contributed by atoms with Crippen molar-refractivity contribution < 1.29 is 28.6 Å². The van der Waals surface area contributed by atoms with Crippen molar-refractivity contribution in [1.82, 2.24) is 0 Å². The molecule has 1 atom stereocenters. The Hall–Kier alpha value is -2.89. The summed E-state index contributed by atoms with van der Waals surface area (Å²) < 4.78 is 17.0. The normalized spacial score (nSPS) is 12.4. The third-order valence-electron chi connectivity index (χ3n) is 15.7. The molecule has 0 aromatic rings. The van der Waals surface area contributed by atoms with E-state index in [1.807, 2.05) is 0 Å². The van der Waals surface area contributed by atoms with E-state index in [9.17, 15) is 14.4 Å². The molecule has 80 heavy (non-hydrogen) atoms. The van der Waals surface area contributed by atoms with Gasteiger partial charge in [0.1, 0.15) is 13.2 Å². The third kappa shape index (κ3) is 65.9. The van der Waals surface area contributed by atoms with Gasteiger partial charge in [-0.25, -0.2) is 0 Å². The zero-order chi connectivity index (χ0) is 57.8. The number of allylic oxidation sites excluding steroid dienone is 10. The summed E-state index contributed by atoms with van der Waals surface area (Å²) in [4.78, 5) is 38.5. The maximum atomic E-state index is 13.0. The molecular weight excluding hydrogens is 985 g/mol. The van der Waals surface area contributed by atoms with Gasteiger partial charge >= 0.3 is 17.9 Å². The topological polar surface area (TPSA) is 78.9 Å². The highest BCUT2D eigenvalue weighted by Gasteiger charge is 2.19. The van der Waals surface area contributed by atoms with Gasteiger partial charge < -0.3 is 14.2 Å². The molecule has 0 aliphatic rings. The number of rotatable bonds is 65. The molecule has 6 nitrogen and oxygen atoms in total. The van der Waals surface area contributed by atoms with Gasteiger partial charge in [-0.05, 0) is 109 Å². The van der Waals surface area contributed by atoms with Crippen molar-refractivity contribution in [3.8, 4) is 0 Å². The van der Waals surface area contributed by atoms with Crippen LogP contribution in [0.15, 0.2) is 60.8 Å². The van der Waals surface area contributed by atoms with Crippen LogP contribution in [-0.4, -0.2) is 37.2 Å². The van der Waals surface area contributed by atoms with Crippen molar-refractivity contribution in [3.63, 3.8) is 0 Å². The van der Waals surface area contributed by atoms with Crippen molar-refractivity contribution in [2.45, 2.75) is 380 Å². The van der Waals surface area contributed by atoms with E-state index in [2.05, 4.69) is 81.5 Å². The second-order valence-corrected chi connectivity index (χ2v) is 23.8. The van der Waals surface area contributed by atoms with Gasteiger partial charge in [-0.1, -0.05) is 306 Å². The Balaban J connectivity index is 4.33. The molecule has 0 N–H and O–H groups in total. The van der Waals surface area contributed by atoms with Crippen molar-refractivity contribution in [3.05, 3.63) is 60.8 Å². The number of ether oxygens (including phenoxy) is 3. The molecule has 0 aliphatic heterocycles. The zero-order valence-corrected chi connectivity index (χ0v) is 53.6. The Labute approximate surface area is 498 Å². The Bertz CT molecular complexity index is 1430. The van der Waals surface area contributed by atoms with E-state index in [-0.39, 0.29) is 31.1 Å². The molecule has 0 rings (SSSR count). The van der Waals surface area contributed by atoms with Crippen LogP contribution in [0.4, 0.5) is 0 Å². The molecule has 6 heteroatoms. The standard InChI is InChI=1S/C74H134O6/c1-4-7-10-13-16-19-22-25-28-31-33-35-37-39-41-43-46-49-52-55-58-61-64-67-73(76)79-70-71(69-78-72(75)66-63-60-57-54-51-48-45-30-27-24-21-18-15-12-9-6-3)80-74(77)68-65-62-59-56-53-50-47-44-42-40-38-36-34-32-29-26-23-20-17-14-11-8-5-2/h22-23,25-26,30-34,45,71H,4-21,24,27-29,35-44,46-70H2,1-3H3/b25-22-,26-23-,33-31-,34-32-,45-30-. The summed E-state index contributed by atoms with van der Waals surface area (Å²) in [5.74, 6) is -0.866. The van der Waals surface area contributed by atoms with E-state index in [0.717, 1.165) is 77.0 Å². The van der Waals surface area contributed by atoms with E-state index in [4.69, 9.17) is 14.2 Å². The summed E-state index contributed by atoms with van der Waals surface area (Å²) >= 11 is 0. The van der Waals surface area contributed by atoms with Gasteiger partial charge in [-0.15, -0.1) is 0 Å². The second-order valence-electron chi connectivity index (χ2n) is 23.8. The SMILES string of the molecule is CCCCCCC/C=C\C/C=C\CCCCCCCCCCCCCC(=O)OCC(COC(=O)CCCCCCC/C=C\CCCCCCCCC)OC(=O)CCCCCCCCCCCCC/C=C\C/C=C\CCCCCCC. The van der Waals surface area contributed by atoms with E-state index >= 15 is 0 Å². The van der Waals surface area contributed by atoms with Crippen LogP contribution in [0.1, 0.15) is 374 Å². The molecule has 0 aromatic heterocycles. The average Bonchev–Trinajstić information content (AvgIpc) is 3.46. The molecule has 0 fully saturated rings. The lowest BCUT2D eigenvalue weighted by molar-refractivity contribution is -0.167. The summed E-state index contributed by atoms with van der Waals surface area (Å²) in [6.07, 6.45) is 88.1. The van der Waals surface area contributed by atoms with Gasteiger partial charge in [0, 0.05) is 19.3 Å². The first-order valence-electron chi connectivity index (χ1n) is 35.3. The van der Waals surface area contributed by atoms with Crippen LogP contribution in [0.25, 0.3) is 0 Å². The minimum atomic E-state index is -0.781. The number of esters is 3. The largest absolute Gasteiger partial charge is 0.462 e. The van der Waals surface area contributed by atoms with Crippen molar-refractivity contribution >= 4 is 17.9 Å². The van der Waals surface area contributed by atoms with Crippen LogP contribution in [0.5, 0.6) is 0 Å². The van der Waals surface area contributed by atoms with Crippen LogP contribution in [0.2, 0.25) is 0 Å². The first-order chi connectivity index (χ1) is 39.5. The van der Waals surface area contributed by atoms with Gasteiger partial charge in [0.2, 0.25) is 0 Å². The van der Waals surface area contributed by atoms with E-state index in [1.165, 1.54) is 257 Å². The molecular formula is C74H134O6. The van der Waals surface area contributed by atoms with Crippen molar-refractivity contribution in [2.75, 3.05) is 13.2 Å². The summed E-state index contributed by atoms with van der Waals surface area (Å²) in [5.41, 5.74) is 0. The van der Waals surface area contributed by atoms with Crippen LogP contribution in [0, 0.1) is 0 Å². The van der Waals surface area contributed by atoms with Gasteiger partial charge in [0.05, 0.1) is 0 Å². The van der Waals surface area contributed by atoms with Crippen LogP contribution in [0.3, 0.4) is 0 Å². The summed E-state index contributed by atoms with van der Waals surface area (Å²) in [6, 6.07) is 0. The molecule has 0 aromatic carbocycles. The fraction of sp³-hybridized carbons (Fsp3) is 0.824. The van der Waals surface area contributed by atoms with Crippen LogP contribution < -0.4 is 0 Å². The lowest BCUT2D eigenvalue weighted by Crippen LogP contribution is -2.30. The summed E-state index contributed by atoms with van der Waals surface area (Å²) in [5, 5.41) is 0. The number of carbonyl (C=O) groups excluding carboxylic acids is 3.